The number of nitrogens with two attached hydrogens (primary N) is 1. The van der Waals surface area contributed by atoms with Crippen molar-refractivity contribution in [2.75, 3.05) is 0 Å². The zero-order valence-corrected chi connectivity index (χ0v) is 14.2. The summed E-state index contributed by atoms with van der Waals surface area (Å²) in [6.45, 7) is 1.37. The minimum Gasteiger partial charge on any atom is -0.368 e. The Morgan fingerprint density at radius 2 is 1.72 bits per heavy atom. The van der Waals surface area contributed by atoms with Gasteiger partial charge in [0.2, 0.25) is 15.9 Å². The lowest BCUT2D eigenvalue weighted by molar-refractivity contribution is -0.384. The first-order valence-electron chi connectivity index (χ1n) is 7.26. The molecule has 0 heterocycles. The number of amides is 1. The third-order valence-corrected chi connectivity index (χ3v) is 5.27. The van der Waals surface area contributed by atoms with E-state index in [1.54, 1.807) is 18.2 Å². The van der Waals surface area contributed by atoms with Crippen molar-refractivity contribution >= 4 is 21.6 Å². The molecule has 0 aliphatic carbocycles. The van der Waals surface area contributed by atoms with Crippen molar-refractivity contribution in [3.05, 3.63) is 70.3 Å². The molecule has 2 aromatic carbocycles. The van der Waals surface area contributed by atoms with Crippen LogP contribution in [0.5, 0.6) is 0 Å². The van der Waals surface area contributed by atoms with Crippen LogP contribution in [0.25, 0.3) is 0 Å². The molecule has 0 bridgehead atoms. The van der Waals surface area contributed by atoms with Crippen molar-refractivity contribution in [1.82, 2.24) is 4.72 Å². The average Bonchev–Trinajstić information content (AvgIpc) is 2.55. The minimum atomic E-state index is -3.96. The van der Waals surface area contributed by atoms with Crippen LogP contribution in [0.2, 0.25) is 0 Å². The number of rotatable bonds is 7. The SMILES string of the molecule is C[C@@](Cc1ccc([N+](=O)[O-])cc1)(NS(=O)(=O)c1ccccc1)C(N)=O. The summed E-state index contributed by atoms with van der Waals surface area (Å²) < 4.78 is 27.3. The Labute approximate surface area is 144 Å². The normalized spacial score (nSPS) is 13.8. The second-order valence-corrected chi connectivity index (χ2v) is 7.40. The highest BCUT2D eigenvalue weighted by molar-refractivity contribution is 7.89. The topological polar surface area (TPSA) is 132 Å². The van der Waals surface area contributed by atoms with Gasteiger partial charge in [-0.2, -0.15) is 4.72 Å². The Morgan fingerprint density at radius 1 is 1.16 bits per heavy atom. The maximum absolute atomic E-state index is 12.5. The molecule has 9 heteroatoms. The highest BCUT2D eigenvalue weighted by Crippen LogP contribution is 2.20. The fourth-order valence-electron chi connectivity index (χ4n) is 2.27. The van der Waals surface area contributed by atoms with Crippen LogP contribution in [0.4, 0.5) is 5.69 Å². The number of carbonyl (C=O) groups is 1. The standard InChI is InChI=1S/C16H17N3O5S/c1-16(15(17)20,11-12-7-9-13(10-8-12)19(21)22)18-25(23,24)14-5-3-2-4-6-14/h2-10,18H,11H2,1H3,(H2,17,20)/t16-/m0/s1. The van der Waals surface area contributed by atoms with E-state index >= 15 is 0 Å². The third-order valence-electron chi connectivity index (χ3n) is 3.66. The van der Waals surface area contributed by atoms with E-state index < -0.39 is 26.4 Å². The van der Waals surface area contributed by atoms with E-state index in [-0.39, 0.29) is 17.0 Å². The van der Waals surface area contributed by atoms with Crippen molar-refractivity contribution in [2.45, 2.75) is 23.8 Å². The maximum Gasteiger partial charge on any atom is 0.269 e. The summed E-state index contributed by atoms with van der Waals surface area (Å²) in [5.41, 5.74) is 4.24. The second kappa shape index (κ2) is 6.99. The first kappa shape index (κ1) is 18.6. The summed E-state index contributed by atoms with van der Waals surface area (Å²) in [5, 5.41) is 10.7. The van der Waals surface area contributed by atoms with Gasteiger partial charge >= 0.3 is 0 Å². The third kappa shape index (κ3) is 4.40. The van der Waals surface area contributed by atoms with Gasteiger partial charge in [0.15, 0.2) is 0 Å². The van der Waals surface area contributed by atoms with Gasteiger partial charge in [0.1, 0.15) is 5.54 Å². The zero-order valence-electron chi connectivity index (χ0n) is 13.4. The number of hydrogen-bond donors (Lipinski definition) is 2. The molecule has 0 fully saturated rings. The number of nitro groups is 1. The van der Waals surface area contributed by atoms with Crippen LogP contribution in [-0.4, -0.2) is 24.8 Å². The van der Waals surface area contributed by atoms with Gasteiger partial charge in [-0.25, -0.2) is 8.42 Å². The van der Waals surface area contributed by atoms with Crippen LogP contribution >= 0.6 is 0 Å². The molecule has 132 valence electrons. The summed E-state index contributed by atoms with van der Waals surface area (Å²) >= 11 is 0. The molecule has 1 amide bonds. The Morgan fingerprint density at radius 3 is 2.20 bits per heavy atom. The number of hydrogen-bond acceptors (Lipinski definition) is 5. The second-order valence-electron chi connectivity index (χ2n) is 5.72. The Kier molecular flexibility index (Phi) is 5.19. The molecule has 2 aromatic rings. The number of benzene rings is 2. The predicted molar refractivity (Wildman–Crippen MR) is 91.2 cm³/mol. The molecule has 0 saturated carbocycles. The van der Waals surface area contributed by atoms with Crippen LogP contribution in [0.1, 0.15) is 12.5 Å². The van der Waals surface area contributed by atoms with Gasteiger partial charge in [-0.3, -0.25) is 14.9 Å². The highest BCUT2D eigenvalue weighted by Gasteiger charge is 2.36. The highest BCUT2D eigenvalue weighted by atomic mass is 32.2. The minimum absolute atomic E-state index is 0.00572. The van der Waals surface area contributed by atoms with Crippen molar-refractivity contribution in [3.8, 4) is 0 Å². The van der Waals surface area contributed by atoms with Gasteiger partial charge in [0, 0.05) is 18.6 Å². The number of non-ortho nitro benzene ring substituents is 1. The average molecular weight is 363 g/mol. The molecule has 2 rings (SSSR count). The lowest BCUT2D eigenvalue weighted by Gasteiger charge is -2.27. The van der Waals surface area contributed by atoms with E-state index in [0.29, 0.717) is 5.56 Å². The smallest absolute Gasteiger partial charge is 0.269 e. The molecule has 0 aliphatic rings. The van der Waals surface area contributed by atoms with Gasteiger partial charge < -0.3 is 5.73 Å². The zero-order chi connectivity index (χ0) is 18.7. The molecular formula is C16H17N3O5S. The Balaban J connectivity index is 2.29. The molecule has 0 saturated heterocycles. The van der Waals surface area contributed by atoms with Crippen LogP contribution in [0.15, 0.2) is 59.5 Å². The summed E-state index contributed by atoms with van der Waals surface area (Å²) in [6.07, 6.45) is -0.0492. The molecule has 8 nitrogen and oxygen atoms in total. The van der Waals surface area contributed by atoms with Crippen molar-refractivity contribution in [3.63, 3.8) is 0 Å². The first-order chi connectivity index (χ1) is 11.6. The van der Waals surface area contributed by atoms with Crippen molar-refractivity contribution in [1.29, 1.82) is 0 Å². The van der Waals surface area contributed by atoms with E-state index in [9.17, 15) is 23.3 Å². The lowest BCUT2D eigenvalue weighted by Crippen LogP contribution is -2.56. The van der Waals surface area contributed by atoms with E-state index in [0.717, 1.165) is 0 Å². The number of primary amides is 1. The molecular weight excluding hydrogens is 346 g/mol. The monoisotopic (exact) mass is 363 g/mol. The lowest BCUT2D eigenvalue weighted by atomic mass is 9.93. The predicted octanol–water partition coefficient (Wildman–Crippen LogP) is 1.36. The fourth-order valence-corrected chi connectivity index (χ4v) is 3.67. The number of nitrogens with one attached hydrogen (secondary N) is 1. The van der Waals surface area contributed by atoms with E-state index in [1.165, 1.54) is 43.3 Å². The molecule has 3 N–H and O–H groups in total. The van der Waals surface area contributed by atoms with Gasteiger partial charge in [-0.15, -0.1) is 0 Å². The van der Waals surface area contributed by atoms with E-state index in [4.69, 9.17) is 5.73 Å². The van der Waals surface area contributed by atoms with Crippen LogP contribution in [0.3, 0.4) is 0 Å². The Hall–Kier alpha value is -2.78. The Bertz CT molecular complexity index is 882. The number of sulfonamides is 1. The molecule has 0 aromatic heterocycles. The molecule has 0 unspecified atom stereocenters. The van der Waals surface area contributed by atoms with Crippen molar-refractivity contribution in [2.24, 2.45) is 5.73 Å². The molecule has 25 heavy (non-hydrogen) atoms. The molecule has 1 atom stereocenters. The van der Waals surface area contributed by atoms with Gasteiger partial charge in [0.05, 0.1) is 9.82 Å². The molecule has 0 aliphatic heterocycles. The summed E-state index contributed by atoms with van der Waals surface area (Å²) in [6, 6.07) is 13.1. The molecule has 0 radical (unpaired) electrons. The summed E-state index contributed by atoms with van der Waals surface area (Å²) in [7, 11) is -3.96. The van der Waals surface area contributed by atoms with Gasteiger partial charge in [0.25, 0.3) is 5.69 Å². The molecule has 0 spiro atoms. The number of nitrogens with zero attached hydrogens (tertiary/aromatic N) is 1. The quantitative estimate of drug-likeness (QED) is 0.566. The van der Waals surface area contributed by atoms with E-state index in [2.05, 4.69) is 4.72 Å². The fraction of sp³-hybridized carbons (Fsp3) is 0.188. The van der Waals surface area contributed by atoms with Crippen LogP contribution < -0.4 is 10.5 Å². The summed E-state index contributed by atoms with van der Waals surface area (Å²) in [5.74, 6) is -0.856. The largest absolute Gasteiger partial charge is 0.368 e. The maximum atomic E-state index is 12.5. The van der Waals surface area contributed by atoms with Gasteiger partial charge in [-0.05, 0) is 24.6 Å². The number of nitro benzene ring substituents is 1. The first-order valence-corrected chi connectivity index (χ1v) is 8.75. The van der Waals surface area contributed by atoms with Crippen LogP contribution in [0, 0.1) is 10.1 Å². The van der Waals surface area contributed by atoms with Gasteiger partial charge in [-0.1, -0.05) is 30.3 Å². The van der Waals surface area contributed by atoms with Crippen LogP contribution in [-0.2, 0) is 21.2 Å². The number of carbonyl (C=O) groups excluding carboxylic acids is 1. The summed E-state index contributed by atoms with van der Waals surface area (Å²) in [4.78, 5) is 22.0. The van der Waals surface area contributed by atoms with E-state index in [1.807, 2.05) is 0 Å². The van der Waals surface area contributed by atoms with Crippen molar-refractivity contribution < 1.29 is 18.1 Å².